The second kappa shape index (κ2) is 9.91. The lowest BCUT2D eigenvalue weighted by molar-refractivity contribution is -0.146. The summed E-state index contributed by atoms with van der Waals surface area (Å²) in [6.45, 7) is 4.72. The monoisotopic (exact) mass is 523 g/mol. The van der Waals surface area contributed by atoms with Gasteiger partial charge in [0.2, 0.25) is 5.95 Å². The number of aromatic nitrogens is 3. The molecule has 3 heterocycles. The summed E-state index contributed by atoms with van der Waals surface area (Å²) in [7, 11) is 0. The number of carbonyl (C=O) groups excluding carboxylic acids is 2. The van der Waals surface area contributed by atoms with Crippen molar-refractivity contribution in [1.82, 2.24) is 19.9 Å². The van der Waals surface area contributed by atoms with Gasteiger partial charge in [-0.3, -0.25) is 14.9 Å². The number of H-pyrrole nitrogens is 1. The molecule has 1 aliphatic heterocycles. The lowest BCUT2D eigenvalue weighted by atomic mass is 9.96. The number of anilines is 1. The van der Waals surface area contributed by atoms with Crippen LogP contribution in [0.5, 0.6) is 5.75 Å². The van der Waals surface area contributed by atoms with Crippen molar-refractivity contribution in [3.8, 4) is 5.75 Å². The van der Waals surface area contributed by atoms with Gasteiger partial charge in [-0.15, -0.1) is 11.3 Å². The van der Waals surface area contributed by atoms with Gasteiger partial charge >= 0.3 is 0 Å². The second-order valence-electron chi connectivity index (χ2n) is 9.24. The molecule has 2 aromatic carbocycles. The highest BCUT2D eigenvalue weighted by molar-refractivity contribution is 7.10. The number of halogens is 1. The molecule has 8 nitrogen and oxygen atoms in total. The van der Waals surface area contributed by atoms with Crippen LogP contribution in [-0.2, 0) is 4.79 Å². The maximum Gasteiger partial charge on any atom is 0.277 e. The third kappa shape index (κ3) is 5.08. The van der Waals surface area contributed by atoms with Gasteiger partial charge in [-0.2, -0.15) is 0 Å². The Hall–Kier alpha value is -3.43. The molecule has 0 aliphatic carbocycles. The number of imidazole rings is 1. The predicted molar refractivity (Wildman–Crippen MR) is 141 cm³/mol. The number of piperidine rings is 1. The van der Waals surface area contributed by atoms with Gasteiger partial charge in [-0.05, 0) is 51.0 Å². The van der Waals surface area contributed by atoms with E-state index in [2.05, 4.69) is 20.3 Å². The molecule has 1 saturated heterocycles. The summed E-state index contributed by atoms with van der Waals surface area (Å²) in [6, 6.07) is 14.7. The summed E-state index contributed by atoms with van der Waals surface area (Å²) in [6.07, 6.45) is 1.54. The van der Waals surface area contributed by atoms with E-state index in [4.69, 9.17) is 16.3 Å². The van der Waals surface area contributed by atoms with E-state index < -0.39 is 5.60 Å². The van der Waals surface area contributed by atoms with E-state index in [1.807, 2.05) is 41.3 Å². The van der Waals surface area contributed by atoms with Crippen LogP contribution in [0.3, 0.4) is 0 Å². The number of para-hydroxylation sites is 3. The summed E-state index contributed by atoms with van der Waals surface area (Å²) < 4.78 is 5.97. The molecule has 0 spiro atoms. The molecule has 10 heteroatoms. The number of fused-ring (bicyclic) bond motifs is 1. The van der Waals surface area contributed by atoms with Gasteiger partial charge in [0.05, 0.1) is 21.1 Å². The first-order valence-corrected chi connectivity index (χ1v) is 13.0. The maximum atomic E-state index is 13.2. The minimum atomic E-state index is -1.04. The highest BCUT2D eigenvalue weighted by Crippen LogP contribution is 2.33. The summed E-state index contributed by atoms with van der Waals surface area (Å²) in [5, 5.41) is 5.94. The SMILES string of the molecule is CC(C)(Oc1ccccc1Cl)C(=O)N1CCC(c2nc(C(=O)Nc3nc4ccccc4[nH]3)cs2)CC1. The zero-order valence-corrected chi connectivity index (χ0v) is 21.5. The molecule has 0 atom stereocenters. The van der Waals surface area contributed by atoms with E-state index in [1.54, 1.807) is 31.4 Å². The first-order valence-electron chi connectivity index (χ1n) is 11.7. The quantitative estimate of drug-likeness (QED) is 0.348. The number of nitrogens with zero attached hydrogens (tertiary/aromatic N) is 3. The van der Waals surface area contributed by atoms with Crippen molar-refractivity contribution in [1.29, 1.82) is 0 Å². The van der Waals surface area contributed by atoms with Crippen LogP contribution in [0.1, 0.15) is 48.1 Å². The first kappa shape index (κ1) is 24.3. The number of aromatic amines is 1. The standard InChI is InChI=1S/C26H26ClN5O3S/c1-26(2,35-21-10-6-3-7-17(21)27)24(34)32-13-11-16(12-14-32)23-28-20(15-36-23)22(33)31-25-29-18-8-4-5-9-19(18)30-25/h3-10,15-16H,11-14H2,1-2H3,(H2,29,30,31,33). The molecule has 0 unspecified atom stereocenters. The van der Waals surface area contributed by atoms with Crippen LogP contribution in [0.4, 0.5) is 5.95 Å². The van der Waals surface area contributed by atoms with E-state index in [1.165, 1.54) is 11.3 Å². The van der Waals surface area contributed by atoms with Gasteiger partial charge in [0, 0.05) is 24.4 Å². The summed E-state index contributed by atoms with van der Waals surface area (Å²) >= 11 is 7.68. The number of rotatable bonds is 6. The Morgan fingerprint density at radius 2 is 1.83 bits per heavy atom. The number of benzene rings is 2. The molecule has 1 fully saturated rings. The number of thiazole rings is 1. The van der Waals surface area contributed by atoms with Crippen LogP contribution < -0.4 is 10.1 Å². The normalized spacial score (nSPS) is 14.7. The molecule has 36 heavy (non-hydrogen) atoms. The highest BCUT2D eigenvalue weighted by Gasteiger charge is 2.37. The largest absolute Gasteiger partial charge is 0.476 e. The summed E-state index contributed by atoms with van der Waals surface area (Å²) in [5.41, 5.74) is 0.964. The van der Waals surface area contributed by atoms with Gasteiger partial charge in [0.15, 0.2) is 5.60 Å². The Bertz CT molecular complexity index is 1370. The Kier molecular flexibility index (Phi) is 6.68. The van der Waals surface area contributed by atoms with Crippen molar-refractivity contribution in [2.75, 3.05) is 18.4 Å². The Labute approximate surface area is 217 Å². The summed E-state index contributed by atoms with van der Waals surface area (Å²) in [5.74, 6) is 0.695. The molecule has 0 bridgehead atoms. The van der Waals surface area contributed by atoms with Crippen LogP contribution >= 0.6 is 22.9 Å². The Morgan fingerprint density at radius 3 is 2.58 bits per heavy atom. The number of hydrogen-bond donors (Lipinski definition) is 2. The lowest BCUT2D eigenvalue weighted by Crippen LogP contribution is -2.51. The van der Waals surface area contributed by atoms with Crippen LogP contribution in [0, 0.1) is 0 Å². The van der Waals surface area contributed by atoms with Crippen LogP contribution in [0.15, 0.2) is 53.9 Å². The van der Waals surface area contributed by atoms with E-state index in [0.29, 0.717) is 35.5 Å². The lowest BCUT2D eigenvalue weighted by Gasteiger charge is -2.36. The van der Waals surface area contributed by atoms with Crippen molar-refractivity contribution < 1.29 is 14.3 Å². The van der Waals surface area contributed by atoms with Crippen LogP contribution in [0.2, 0.25) is 5.02 Å². The third-order valence-electron chi connectivity index (χ3n) is 6.22. The minimum Gasteiger partial charge on any atom is -0.476 e. The third-order valence-corrected chi connectivity index (χ3v) is 7.54. The molecular weight excluding hydrogens is 498 g/mol. The molecule has 2 amide bonds. The second-order valence-corrected chi connectivity index (χ2v) is 10.5. The average molecular weight is 524 g/mol. The van der Waals surface area contributed by atoms with E-state index in [9.17, 15) is 9.59 Å². The van der Waals surface area contributed by atoms with Crippen LogP contribution in [0.25, 0.3) is 11.0 Å². The first-order chi connectivity index (χ1) is 17.3. The van der Waals surface area contributed by atoms with Crippen LogP contribution in [-0.4, -0.2) is 50.4 Å². The smallest absolute Gasteiger partial charge is 0.277 e. The zero-order chi connectivity index (χ0) is 25.3. The van der Waals surface area contributed by atoms with E-state index in [0.717, 1.165) is 28.9 Å². The fourth-order valence-corrected chi connectivity index (χ4v) is 5.46. The molecule has 186 valence electrons. The van der Waals surface area contributed by atoms with Gasteiger partial charge in [-0.1, -0.05) is 35.9 Å². The molecule has 2 aromatic heterocycles. The van der Waals surface area contributed by atoms with E-state index in [-0.39, 0.29) is 17.7 Å². The van der Waals surface area contributed by atoms with Gasteiger partial charge in [-0.25, -0.2) is 9.97 Å². The Balaban J connectivity index is 1.18. The number of nitrogens with one attached hydrogen (secondary N) is 2. The number of amides is 2. The average Bonchev–Trinajstić information content (AvgIpc) is 3.52. The van der Waals surface area contributed by atoms with Crippen molar-refractivity contribution in [3.63, 3.8) is 0 Å². The molecular formula is C26H26ClN5O3S. The number of ether oxygens (including phenoxy) is 1. The summed E-state index contributed by atoms with van der Waals surface area (Å²) in [4.78, 5) is 39.8. The fraction of sp³-hybridized carbons (Fsp3) is 0.308. The van der Waals surface area contributed by atoms with Gasteiger partial charge < -0.3 is 14.6 Å². The molecule has 2 N–H and O–H groups in total. The van der Waals surface area contributed by atoms with E-state index >= 15 is 0 Å². The number of hydrogen-bond acceptors (Lipinski definition) is 6. The van der Waals surface area contributed by atoms with Gasteiger partial charge in [0.1, 0.15) is 11.4 Å². The predicted octanol–water partition coefficient (Wildman–Crippen LogP) is 5.49. The number of likely N-dealkylation sites (tertiary alicyclic amines) is 1. The van der Waals surface area contributed by atoms with Gasteiger partial charge in [0.25, 0.3) is 11.8 Å². The Morgan fingerprint density at radius 1 is 1.11 bits per heavy atom. The zero-order valence-electron chi connectivity index (χ0n) is 20.0. The van der Waals surface area contributed by atoms with Crippen molar-refractivity contribution in [2.24, 2.45) is 0 Å². The van der Waals surface area contributed by atoms with Crippen molar-refractivity contribution in [3.05, 3.63) is 69.6 Å². The highest BCUT2D eigenvalue weighted by atomic mass is 35.5. The fourth-order valence-electron chi connectivity index (χ4n) is 4.32. The van der Waals surface area contributed by atoms with Crippen molar-refractivity contribution in [2.45, 2.75) is 38.2 Å². The number of carbonyl (C=O) groups is 2. The molecule has 1 aliphatic rings. The van der Waals surface area contributed by atoms with Crippen molar-refractivity contribution >= 4 is 51.7 Å². The molecule has 0 radical (unpaired) electrons. The molecule has 4 aromatic rings. The molecule has 5 rings (SSSR count). The molecule has 0 saturated carbocycles. The minimum absolute atomic E-state index is 0.0779. The maximum absolute atomic E-state index is 13.2. The topological polar surface area (TPSA) is 100 Å².